The summed E-state index contributed by atoms with van der Waals surface area (Å²) in [6.45, 7) is 10.9. The zero-order valence-electron chi connectivity index (χ0n) is 13.8. The number of hydrogen-bond acceptors (Lipinski definition) is 4. The van der Waals surface area contributed by atoms with Gasteiger partial charge >= 0.3 is 7.69 Å². The first-order valence-corrected chi connectivity index (χ1v) is 7.18. The molecule has 0 saturated carbocycles. The Labute approximate surface area is 136 Å². The van der Waals surface area contributed by atoms with Gasteiger partial charge in [-0.1, -0.05) is 43.5 Å². The molecule has 0 bridgehead atoms. The van der Waals surface area contributed by atoms with E-state index in [-0.39, 0.29) is 18.9 Å². The average Bonchev–Trinajstić information content (AvgIpc) is 2.57. The molecule has 4 nitrogen and oxygen atoms in total. The highest BCUT2D eigenvalue weighted by Crippen LogP contribution is 2.22. The topological polar surface area (TPSA) is 48.7 Å². The molecule has 5 heteroatoms. The molecule has 0 amide bonds. The van der Waals surface area contributed by atoms with Crippen molar-refractivity contribution in [1.29, 1.82) is 0 Å². The van der Waals surface area contributed by atoms with Crippen LogP contribution in [0.4, 0.5) is 0 Å². The molecule has 0 atom stereocenters. The highest BCUT2D eigenvalue weighted by molar-refractivity contribution is 6.19. The summed E-state index contributed by atoms with van der Waals surface area (Å²) >= 11 is 0. The van der Waals surface area contributed by atoms with E-state index >= 15 is 0 Å². The summed E-state index contributed by atoms with van der Waals surface area (Å²) in [5, 5.41) is 0.389. The van der Waals surface area contributed by atoms with Crippen LogP contribution in [0.15, 0.2) is 52.7 Å². The Hall–Kier alpha value is -2.53. The van der Waals surface area contributed by atoms with Crippen LogP contribution in [0.5, 0.6) is 5.75 Å². The normalized spacial score (nSPS) is 13.4. The molecule has 1 heterocycles. The van der Waals surface area contributed by atoms with Crippen molar-refractivity contribution < 1.29 is 13.7 Å². The molecule has 23 heavy (non-hydrogen) atoms. The zero-order chi connectivity index (χ0) is 17.2. The van der Waals surface area contributed by atoms with E-state index in [1.54, 1.807) is 37.3 Å². The monoisotopic (exact) mass is 312 g/mol. The van der Waals surface area contributed by atoms with Gasteiger partial charge in [-0.2, -0.15) is 0 Å². The van der Waals surface area contributed by atoms with E-state index in [4.69, 9.17) is 13.7 Å². The predicted octanol–water partition coefficient (Wildman–Crippen LogP) is 1.84. The quantitative estimate of drug-likeness (QED) is 0.569. The molecule has 0 N–H and O–H groups in total. The van der Waals surface area contributed by atoms with Crippen LogP contribution < -0.4 is 20.7 Å². The Morgan fingerprint density at radius 3 is 2.52 bits per heavy atom. The molecule has 0 fully saturated rings. The molecule has 1 rings (SSSR count). The molecular formula is C18H21BO4. The van der Waals surface area contributed by atoms with Crippen molar-refractivity contribution in [2.75, 3.05) is 7.11 Å². The van der Waals surface area contributed by atoms with Gasteiger partial charge in [-0.25, -0.2) is 0 Å². The first-order valence-electron chi connectivity index (χ1n) is 7.18. The second-order valence-electron chi connectivity index (χ2n) is 4.45. The summed E-state index contributed by atoms with van der Waals surface area (Å²) in [5.74, 6) is 0.453. The molecule has 0 unspecified atom stereocenters. The van der Waals surface area contributed by atoms with Crippen molar-refractivity contribution in [2.45, 2.75) is 13.8 Å². The Morgan fingerprint density at radius 1 is 1.26 bits per heavy atom. The molecular weight excluding hydrogens is 291 g/mol. The van der Waals surface area contributed by atoms with E-state index < -0.39 is 0 Å². The van der Waals surface area contributed by atoms with Crippen molar-refractivity contribution in [3.05, 3.63) is 70.2 Å². The maximum atomic E-state index is 12.7. The predicted molar refractivity (Wildman–Crippen MR) is 96.8 cm³/mol. The molecule has 120 valence electrons. The van der Waals surface area contributed by atoms with Crippen molar-refractivity contribution >= 4 is 25.4 Å². The van der Waals surface area contributed by atoms with Gasteiger partial charge in [0, 0.05) is 12.7 Å². The Balaban J connectivity index is 3.81. The molecule has 0 aliphatic rings. The van der Waals surface area contributed by atoms with Gasteiger partial charge in [0.15, 0.2) is 11.5 Å². The van der Waals surface area contributed by atoms with Crippen molar-refractivity contribution in [2.24, 2.45) is 0 Å². The molecule has 0 aromatic carbocycles. The molecule has 1 aromatic heterocycles. The Bertz CT molecular complexity index is 798. The fraction of sp³-hybridized carbons (Fsp3) is 0.167. The van der Waals surface area contributed by atoms with E-state index in [2.05, 4.69) is 13.2 Å². The summed E-state index contributed by atoms with van der Waals surface area (Å²) < 4.78 is 16.3. The van der Waals surface area contributed by atoms with Crippen LogP contribution in [-0.4, -0.2) is 14.8 Å². The fourth-order valence-corrected chi connectivity index (χ4v) is 1.95. The highest BCUT2D eigenvalue weighted by Gasteiger charge is 2.16. The lowest BCUT2D eigenvalue weighted by Gasteiger charge is -2.10. The lowest BCUT2D eigenvalue weighted by Crippen LogP contribution is -2.40. The van der Waals surface area contributed by atoms with E-state index in [1.807, 2.05) is 13.0 Å². The Morgan fingerprint density at radius 2 is 2.00 bits per heavy atom. The van der Waals surface area contributed by atoms with Crippen LogP contribution in [-0.2, 0) is 4.65 Å². The first kappa shape index (κ1) is 18.5. The molecule has 0 radical (unpaired) electrons. The third kappa shape index (κ3) is 4.47. The summed E-state index contributed by atoms with van der Waals surface area (Å²) in [4.78, 5) is 12.7. The number of allylic oxidation sites excluding steroid dienone is 6. The van der Waals surface area contributed by atoms with Crippen LogP contribution in [0.2, 0.25) is 0 Å². The average molecular weight is 312 g/mol. The maximum absolute atomic E-state index is 12.7. The molecule has 1 aromatic rings. The highest BCUT2D eigenvalue weighted by atomic mass is 16.6. The van der Waals surface area contributed by atoms with Crippen molar-refractivity contribution in [1.82, 2.24) is 0 Å². The lowest BCUT2D eigenvalue weighted by molar-refractivity contribution is 0.354. The van der Waals surface area contributed by atoms with Gasteiger partial charge in [-0.15, -0.1) is 0 Å². The lowest BCUT2D eigenvalue weighted by atomic mass is 10.1. The van der Waals surface area contributed by atoms with Crippen molar-refractivity contribution in [3.63, 3.8) is 0 Å². The summed E-state index contributed by atoms with van der Waals surface area (Å²) in [5.41, 5.74) is 0.894. The van der Waals surface area contributed by atoms with Crippen molar-refractivity contribution in [3.8, 4) is 5.75 Å². The third-order valence-corrected chi connectivity index (χ3v) is 2.99. The van der Waals surface area contributed by atoms with Gasteiger partial charge < -0.3 is 13.7 Å². The van der Waals surface area contributed by atoms with E-state index in [1.165, 1.54) is 13.2 Å². The minimum atomic E-state index is -0.275. The maximum Gasteiger partial charge on any atom is 0.506 e. The van der Waals surface area contributed by atoms with Crippen LogP contribution in [0.3, 0.4) is 0 Å². The summed E-state index contributed by atoms with van der Waals surface area (Å²) in [7, 11) is 1.43. The van der Waals surface area contributed by atoms with Crippen LogP contribution in [0.25, 0.3) is 17.7 Å². The van der Waals surface area contributed by atoms with Gasteiger partial charge in [-0.05, 0) is 26.0 Å². The van der Waals surface area contributed by atoms with Gasteiger partial charge in [0.25, 0.3) is 0 Å². The molecule has 0 spiro atoms. The van der Waals surface area contributed by atoms with Crippen LogP contribution in [0, 0.1) is 0 Å². The fourth-order valence-electron chi connectivity index (χ4n) is 1.95. The second kappa shape index (κ2) is 9.48. The van der Waals surface area contributed by atoms with Crippen LogP contribution in [0.1, 0.15) is 19.6 Å². The molecule has 0 saturated heterocycles. The van der Waals surface area contributed by atoms with Crippen LogP contribution >= 0.6 is 0 Å². The smallest absolute Gasteiger partial charge is 0.506 e. The minimum absolute atomic E-state index is 0.0529. The van der Waals surface area contributed by atoms with E-state index in [0.717, 1.165) is 0 Å². The summed E-state index contributed by atoms with van der Waals surface area (Å²) in [6.07, 6.45) is 11.9. The molecule has 0 aliphatic carbocycles. The molecule has 0 aliphatic heterocycles. The van der Waals surface area contributed by atoms with Gasteiger partial charge in [0.1, 0.15) is 5.42 Å². The zero-order valence-corrected chi connectivity index (χ0v) is 13.8. The van der Waals surface area contributed by atoms with Gasteiger partial charge in [-0.3, -0.25) is 4.79 Å². The minimum Gasteiger partial charge on any atom is -0.533 e. The van der Waals surface area contributed by atoms with Gasteiger partial charge in [0.2, 0.25) is 5.43 Å². The largest absolute Gasteiger partial charge is 0.533 e. The van der Waals surface area contributed by atoms with E-state index in [9.17, 15) is 4.79 Å². The SMILES string of the molecule is C=C/C=C\C(=C/C)c1oc(=C/C)/c(=C\C=C)c(=O)c1OBOC. The van der Waals surface area contributed by atoms with E-state index in [0.29, 0.717) is 22.0 Å². The summed E-state index contributed by atoms with van der Waals surface area (Å²) in [6, 6.07) is 0. The number of rotatable bonds is 7. The third-order valence-electron chi connectivity index (χ3n) is 2.99. The standard InChI is InChI=1S/C18H21BO4/c1-6-10-12-13(8-3)17-18(23-19-21-5)16(20)14(11-7-2)15(9-4)22-17/h6-12,19H,1-2H2,3-5H3/b12-10-,13-8+,14-11+,15-9+. The second-order valence-corrected chi connectivity index (χ2v) is 4.45. The number of hydrogen-bond donors (Lipinski definition) is 0. The van der Waals surface area contributed by atoms with Gasteiger partial charge in [0.05, 0.1) is 5.22 Å². The Kier molecular flexibility index (Phi) is 7.64. The first-order chi connectivity index (χ1) is 11.1.